The van der Waals surface area contributed by atoms with E-state index >= 15 is 0 Å². The molecule has 0 spiro atoms. The molecule has 0 aromatic heterocycles. The van der Waals surface area contributed by atoms with Gasteiger partial charge in [-0.1, -0.05) is 6.42 Å². The highest BCUT2D eigenvalue weighted by Crippen LogP contribution is 2.59. The Hall–Kier alpha value is -0.0400. The van der Waals surface area contributed by atoms with E-state index in [4.69, 9.17) is 4.74 Å². The van der Waals surface area contributed by atoms with Crippen LogP contribution in [0.2, 0.25) is 0 Å². The van der Waals surface area contributed by atoms with Crippen molar-refractivity contribution in [3.05, 3.63) is 0 Å². The second-order valence-corrected chi connectivity index (χ2v) is 5.15. The summed E-state index contributed by atoms with van der Waals surface area (Å²) in [6, 6.07) is 0. The third kappa shape index (κ3) is 1.09. The van der Waals surface area contributed by atoms with E-state index < -0.39 is 0 Å². The van der Waals surface area contributed by atoms with Crippen LogP contribution in [-0.4, -0.2) is 12.7 Å². The summed E-state index contributed by atoms with van der Waals surface area (Å²) in [5.74, 6) is 4.18. The summed E-state index contributed by atoms with van der Waals surface area (Å²) in [7, 11) is 0. The molecule has 0 aromatic carbocycles. The molecule has 5 atom stereocenters. The van der Waals surface area contributed by atoms with Crippen molar-refractivity contribution in [2.75, 3.05) is 6.61 Å². The summed E-state index contributed by atoms with van der Waals surface area (Å²) in [5, 5.41) is 0. The maximum absolute atomic E-state index is 5.84. The average Bonchev–Trinajstić information content (AvgIpc) is 2.72. The third-order valence-corrected chi connectivity index (χ3v) is 4.75. The molecule has 0 heterocycles. The zero-order valence-electron chi connectivity index (χ0n) is 8.54. The van der Waals surface area contributed by atoms with Gasteiger partial charge in [0.1, 0.15) is 0 Å². The molecular formula is C12H20O. The Morgan fingerprint density at radius 1 is 1.08 bits per heavy atom. The Bertz CT molecular complexity index is 201. The molecule has 0 aliphatic heterocycles. The van der Waals surface area contributed by atoms with Gasteiger partial charge in [-0.3, -0.25) is 0 Å². The van der Waals surface area contributed by atoms with E-state index in [9.17, 15) is 0 Å². The van der Waals surface area contributed by atoms with Gasteiger partial charge in [0.15, 0.2) is 0 Å². The smallest absolute Gasteiger partial charge is 0.0608 e. The summed E-state index contributed by atoms with van der Waals surface area (Å²) in [5.41, 5.74) is 0. The van der Waals surface area contributed by atoms with Crippen molar-refractivity contribution in [1.29, 1.82) is 0 Å². The van der Waals surface area contributed by atoms with Gasteiger partial charge in [0, 0.05) is 6.61 Å². The molecule has 3 aliphatic carbocycles. The Labute approximate surface area is 80.8 Å². The molecule has 3 rings (SSSR count). The summed E-state index contributed by atoms with van der Waals surface area (Å²) in [6.07, 6.45) is 8.08. The van der Waals surface area contributed by atoms with Crippen LogP contribution in [0.3, 0.4) is 0 Å². The van der Waals surface area contributed by atoms with E-state index in [2.05, 4.69) is 6.92 Å². The molecule has 0 radical (unpaired) electrons. The van der Waals surface area contributed by atoms with E-state index in [1.54, 1.807) is 0 Å². The Morgan fingerprint density at radius 3 is 2.77 bits per heavy atom. The summed E-state index contributed by atoms with van der Waals surface area (Å²) >= 11 is 0. The summed E-state index contributed by atoms with van der Waals surface area (Å²) < 4.78 is 5.84. The Balaban J connectivity index is 1.74. The van der Waals surface area contributed by atoms with Crippen molar-refractivity contribution < 1.29 is 4.74 Å². The van der Waals surface area contributed by atoms with E-state index in [1.165, 1.54) is 32.1 Å². The highest BCUT2D eigenvalue weighted by Gasteiger charge is 2.53. The van der Waals surface area contributed by atoms with E-state index in [0.717, 1.165) is 30.3 Å². The highest BCUT2D eigenvalue weighted by atomic mass is 16.5. The molecule has 0 amide bonds. The van der Waals surface area contributed by atoms with Crippen molar-refractivity contribution >= 4 is 0 Å². The van der Waals surface area contributed by atoms with Crippen molar-refractivity contribution in [2.24, 2.45) is 23.7 Å². The first-order valence-corrected chi connectivity index (χ1v) is 6.01. The number of rotatable bonds is 2. The predicted octanol–water partition coefficient (Wildman–Crippen LogP) is 2.85. The van der Waals surface area contributed by atoms with Crippen molar-refractivity contribution in [3.8, 4) is 0 Å². The molecule has 0 saturated heterocycles. The SMILES string of the molecule is CCO[C@@H]1C[C@H]2C[C@@H]1[C@@H]1CCC[C@H]21. The molecule has 1 heteroatoms. The fraction of sp³-hybridized carbons (Fsp3) is 1.00. The van der Waals surface area contributed by atoms with Crippen LogP contribution in [0.25, 0.3) is 0 Å². The van der Waals surface area contributed by atoms with Crippen LogP contribution < -0.4 is 0 Å². The van der Waals surface area contributed by atoms with E-state index in [1.807, 2.05) is 0 Å². The standard InChI is InChI=1S/C12H20O/c1-2-13-12-7-8-6-11(12)10-5-3-4-9(8)10/h8-12H,2-7H2,1H3/t8-,9-,10-,11-,12-/m1/s1. The molecule has 13 heavy (non-hydrogen) atoms. The third-order valence-electron chi connectivity index (χ3n) is 4.75. The minimum atomic E-state index is 0.648. The molecule has 3 aliphatic rings. The predicted molar refractivity (Wildman–Crippen MR) is 52.5 cm³/mol. The van der Waals surface area contributed by atoms with Gasteiger partial charge in [0.2, 0.25) is 0 Å². The number of fused-ring (bicyclic) bond motifs is 5. The fourth-order valence-electron chi connectivity index (χ4n) is 4.41. The highest BCUT2D eigenvalue weighted by molar-refractivity contribution is 5.03. The second-order valence-electron chi connectivity index (χ2n) is 5.15. The lowest BCUT2D eigenvalue weighted by Gasteiger charge is -2.31. The summed E-state index contributed by atoms with van der Waals surface area (Å²) in [4.78, 5) is 0. The van der Waals surface area contributed by atoms with Gasteiger partial charge in [-0.25, -0.2) is 0 Å². The van der Waals surface area contributed by atoms with E-state index in [0.29, 0.717) is 6.10 Å². The van der Waals surface area contributed by atoms with Gasteiger partial charge in [-0.15, -0.1) is 0 Å². The van der Waals surface area contributed by atoms with Crippen LogP contribution in [0.15, 0.2) is 0 Å². The first kappa shape index (κ1) is 8.28. The molecule has 3 saturated carbocycles. The number of hydrogen-bond acceptors (Lipinski definition) is 1. The van der Waals surface area contributed by atoms with Crippen molar-refractivity contribution in [1.82, 2.24) is 0 Å². The van der Waals surface area contributed by atoms with Gasteiger partial charge < -0.3 is 4.74 Å². The number of ether oxygens (including phenoxy) is 1. The van der Waals surface area contributed by atoms with Gasteiger partial charge >= 0.3 is 0 Å². The topological polar surface area (TPSA) is 9.23 Å². The lowest BCUT2D eigenvalue weighted by molar-refractivity contribution is -0.00383. The molecule has 0 N–H and O–H groups in total. The molecule has 2 bridgehead atoms. The lowest BCUT2D eigenvalue weighted by atomic mass is 9.80. The first-order valence-electron chi connectivity index (χ1n) is 6.01. The molecule has 74 valence electrons. The lowest BCUT2D eigenvalue weighted by Crippen LogP contribution is -2.30. The van der Waals surface area contributed by atoms with Crippen LogP contribution >= 0.6 is 0 Å². The van der Waals surface area contributed by atoms with Gasteiger partial charge in [0.05, 0.1) is 6.10 Å². The minimum Gasteiger partial charge on any atom is -0.378 e. The zero-order valence-corrected chi connectivity index (χ0v) is 8.54. The van der Waals surface area contributed by atoms with Crippen LogP contribution in [0.5, 0.6) is 0 Å². The zero-order chi connectivity index (χ0) is 8.84. The largest absolute Gasteiger partial charge is 0.378 e. The number of hydrogen-bond donors (Lipinski definition) is 0. The first-order chi connectivity index (χ1) is 6.40. The van der Waals surface area contributed by atoms with E-state index in [-0.39, 0.29) is 0 Å². The monoisotopic (exact) mass is 180 g/mol. The maximum Gasteiger partial charge on any atom is 0.0608 e. The van der Waals surface area contributed by atoms with Crippen molar-refractivity contribution in [3.63, 3.8) is 0 Å². The van der Waals surface area contributed by atoms with Crippen LogP contribution in [0.4, 0.5) is 0 Å². The Morgan fingerprint density at radius 2 is 1.92 bits per heavy atom. The quantitative estimate of drug-likeness (QED) is 0.635. The second kappa shape index (κ2) is 2.98. The minimum absolute atomic E-state index is 0.648. The normalized spacial score (nSPS) is 52.8. The maximum atomic E-state index is 5.84. The average molecular weight is 180 g/mol. The molecule has 1 nitrogen and oxygen atoms in total. The molecule has 0 unspecified atom stereocenters. The van der Waals surface area contributed by atoms with Crippen LogP contribution in [0.1, 0.15) is 39.0 Å². The fourth-order valence-corrected chi connectivity index (χ4v) is 4.41. The molecule has 0 aromatic rings. The van der Waals surface area contributed by atoms with Gasteiger partial charge in [-0.2, -0.15) is 0 Å². The summed E-state index contributed by atoms with van der Waals surface area (Å²) in [6.45, 7) is 3.06. The Kier molecular flexibility index (Phi) is 1.90. The molecule has 3 fully saturated rings. The van der Waals surface area contributed by atoms with Crippen molar-refractivity contribution in [2.45, 2.75) is 45.1 Å². The van der Waals surface area contributed by atoms with Gasteiger partial charge in [0.25, 0.3) is 0 Å². The molecular weight excluding hydrogens is 160 g/mol. The van der Waals surface area contributed by atoms with Gasteiger partial charge in [-0.05, 0) is 56.3 Å². The van der Waals surface area contributed by atoms with Crippen LogP contribution in [-0.2, 0) is 4.74 Å². The van der Waals surface area contributed by atoms with Crippen LogP contribution in [0, 0.1) is 23.7 Å².